The Morgan fingerprint density at radius 1 is 1.15 bits per heavy atom. The predicted molar refractivity (Wildman–Crippen MR) is 92.1 cm³/mol. The summed E-state index contributed by atoms with van der Waals surface area (Å²) in [6.07, 6.45) is 2.42. The van der Waals surface area contributed by atoms with Gasteiger partial charge in [0.05, 0.1) is 5.69 Å². The minimum atomic E-state index is -1.05. The predicted octanol–water partition coefficient (Wildman–Crippen LogP) is 2.89. The van der Waals surface area contributed by atoms with Crippen LogP contribution < -0.4 is 10.6 Å². The molecule has 26 heavy (non-hydrogen) atoms. The summed E-state index contributed by atoms with van der Waals surface area (Å²) < 4.78 is 28.1. The van der Waals surface area contributed by atoms with Crippen LogP contribution >= 0.6 is 0 Å². The van der Waals surface area contributed by atoms with Crippen molar-refractivity contribution >= 4 is 17.5 Å². The maximum absolute atomic E-state index is 13.3. The van der Waals surface area contributed by atoms with E-state index in [-0.39, 0.29) is 29.2 Å². The van der Waals surface area contributed by atoms with Gasteiger partial charge in [0.1, 0.15) is 0 Å². The molecule has 138 valence electrons. The van der Waals surface area contributed by atoms with Crippen LogP contribution in [0.15, 0.2) is 18.2 Å². The Hall–Kier alpha value is -2.77. The monoisotopic (exact) mass is 362 g/mol. The highest BCUT2D eigenvalue weighted by Gasteiger charge is 2.27. The van der Waals surface area contributed by atoms with Crippen LogP contribution in [0.5, 0.6) is 0 Å². The van der Waals surface area contributed by atoms with E-state index in [1.54, 1.807) is 4.57 Å². The van der Waals surface area contributed by atoms with Crippen LogP contribution in [0.25, 0.3) is 0 Å². The molecule has 0 saturated heterocycles. The Labute approximate surface area is 149 Å². The minimum absolute atomic E-state index is 0.0569. The molecule has 8 heteroatoms. The van der Waals surface area contributed by atoms with E-state index in [4.69, 9.17) is 0 Å². The van der Waals surface area contributed by atoms with E-state index in [2.05, 4.69) is 15.6 Å². The summed E-state index contributed by atoms with van der Waals surface area (Å²) in [4.78, 5) is 29.2. The molecule has 0 radical (unpaired) electrons. The van der Waals surface area contributed by atoms with Crippen LogP contribution in [-0.4, -0.2) is 27.4 Å². The fourth-order valence-electron chi connectivity index (χ4n) is 2.99. The van der Waals surface area contributed by atoms with E-state index < -0.39 is 17.5 Å². The Bertz CT molecular complexity index is 861. The molecule has 6 nitrogen and oxygen atoms in total. The molecular weight excluding hydrogens is 342 g/mol. The van der Waals surface area contributed by atoms with E-state index in [1.807, 2.05) is 13.8 Å². The van der Waals surface area contributed by atoms with E-state index in [0.717, 1.165) is 25.0 Å². The smallest absolute Gasteiger partial charge is 0.287 e. The van der Waals surface area contributed by atoms with Gasteiger partial charge in [0.15, 0.2) is 23.2 Å². The van der Waals surface area contributed by atoms with Crippen molar-refractivity contribution in [3.8, 4) is 0 Å². The highest BCUT2D eigenvalue weighted by molar-refractivity contribution is 6.05. The van der Waals surface area contributed by atoms with Gasteiger partial charge in [-0.2, -0.15) is 0 Å². The first-order valence-electron chi connectivity index (χ1n) is 8.53. The molecule has 1 aromatic heterocycles. The lowest BCUT2D eigenvalue weighted by Gasteiger charge is -2.17. The lowest BCUT2D eigenvalue weighted by molar-refractivity contribution is 0.0927. The van der Waals surface area contributed by atoms with Crippen LogP contribution in [-0.2, 0) is 13.0 Å². The summed E-state index contributed by atoms with van der Waals surface area (Å²) in [5, 5.41) is 5.30. The molecule has 0 bridgehead atoms. The molecule has 3 rings (SSSR count). The van der Waals surface area contributed by atoms with Gasteiger partial charge < -0.3 is 15.2 Å². The first-order chi connectivity index (χ1) is 12.4. The number of hydrogen-bond donors (Lipinski definition) is 2. The van der Waals surface area contributed by atoms with Crippen LogP contribution in [0.4, 0.5) is 14.5 Å². The molecule has 0 atom stereocenters. The number of anilines is 1. The maximum Gasteiger partial charge on any atom is 0.287 e. The van der Waals surface area contributed by atoms with E-state index in [9.17, 15) is 18.4 Å². The number of halogens is 2. The van der Waals surface area contributed by atoms with Gasteiger partial charge in [-0.15, -0.1) is 0 Å². The van der Waals surface area contributed by atoms with Crippen molar-refractivity contribution in [3.63, 3.8) is 0 Å². The quantitative estimate of drug-likeness (QED) is 0.878. The first-order valence-corrected chi connectivity index (χ1v) is 8.53. The Morgan fingerprint density at radius 3 is 2.62 bits per heavy atom. The van der Waals surface area contributed by atoms with E-state index >= 15 is 0 Å². The molecule has 0 saturated carbocycles. The van der Waals surface area contributed by atoms with Gasteiger partial charge in [0.2, 0.25) is 0 Å². The largest absolute Gasteiger partial charge is 0.347 e. The normalized spacial score (nSPS) is 13.4. The number of carbonyl (C=O) groups is 2. The van der Waals surface area contributed by atoms with E-state index in [0.29, 0.717) is 18.7 Å². The summed E-state index contributed by atoms with van der Waals surface area (Å²) in [6.45, 7) is 4.30. The van der Waals surface area contributed by atoms with Gasteiger partial charge in [-0.3, -0.25) is 9.59 Å². The number of nitrogens with one attached hydrogen (secondary N) is 2. The topological polar surface area (TPSA) is 76.0 Å². The summed E-state index contributed by atoms with van der Waals surface area (Å²) in [5.41, 5.74) is 0.952. The molecule has 0 aliphatic carbocycles. The molecular formula is C18H20F2N4O2. The van der Waals surface area contributed by atoms with Crippen LogP contribution in [0, 0.1) is 11.6 Å². The average molecular weight is 362 g/mol. The number of amides is 2. The van der Waals surface area contributed by atoms with Gasteiger partial charge in [-0.05, 0) is 45.2 Å². The summed E-state index contributed by atoms with van der Waals surface area (Å²) in [5.74, 6) is -2.73. The summed E-state index contributed by atoms with van der Waals surface area (Å²) >= 11 is 0. The van der Waals surface area contributed by atoms with Crippen LogP contribution in [0.3, 0.4) is 0 Å². The van der Waals surface area contributed by atoms with Crippen LogP contribution in [0.1, 0.15) is 53.5 Å². The Morgan fingerprint density at radius 2 is 1.92 bits per heavy atom. The summed E-state index contributed by atoms with van der Waals surface area (Å²) in [6, 6.07) is 3.06. The lowest BCUT2D eigenvalue weighted by atomic mass is 10.1. The summed E-state index contributed by atoms with van der Waals surface area (Å²) in [7, 11) is 0. The van der Waals surface area contributed by atoms with Crippen molar-refractivity contribution in [2.45, 2.75) is 45.7 Å². The molecule has 0 unspecified atom stereocenters. The average Bonchev–Trinajstić information content (AvgIpc) is 2.97. The maximum atomic E-state index is 13.3. The number of nitrogens with zero attached hydrogens (tertiary/aromatic N) is 2. The highest BCUT2D eigenvalue weighted by Crippen LogP contribution is 2.22. The molecule has 2 N–H and O–H groups in total. The third-order valence-corrected chi connectivity index (χ3v) is 4.13. The van der Waals surface area contributed by atoms with Gasteiger partial charge in [0, 0.05) is 24.3 Å². The Balaban J connectivity index is 1.91. The number of rotatable bonds is 4. The SMILES string of the molecule is CC(C)NC(=O)c1nc(C(=O)Nc2ccc(F)c(F)c2)c2n1CCCC2. The number of imidazole rings is 1. The number of hydrogen-bond acceptors (Lipinski definition) is 3. The second-order valence-electron chi connectivity index (χ2n) is 6.55. The first kappa shape index (κ1) is 18.0. The highest BCUT2D eigenvalue weighted by atomic mass is 19.2. The zero-order chi connectivity index (χ0) is 18.8. The lowest BCUT2D eigenvalue weighted by Crippen LogP contribution is -2.33. The molecule has 1 aliphatic rings. The van der Waals surface area contributed by atoms with Gasteiger partial charge in [0.25, 0.3) is 11.8 Å². The van der Waals surface area contributed by atoms with Crippen molar-refractivity contribution in [1.29, 1.82) is 0 Å². The molecule has 2 heterocycles. The molecule has 0 fully saturated rings. The van der Waals surface area contributed by atoms with E-state index in [1.165, 1.54) is 6.07 Å². The fourth-order valence-corrected chi connectivity index (χ4v) is 2.99. The number of benzene rings is 1. The third-order valence-electron chi connectivity index (χ3n) is 4.13. The minimum Gasteiger partial charge on any atom is -0.347 e. The zero-order valence-corrected chi connectivity index (χ0v) is 14.6. The zero-order valence-electron chi connectivity index (χ0n) is 14.6. The van der Waals surface area contributed by atoms with Gasteiger partial charge >= 0.3 is 0 Å². The molecule has 0 spiro atoms. The fraction of sp³-hybridized carbons (Fsp3) is 0.389. The standard InChI is InChI=1S/C18H20F2N4O2/c1-10(2)21-18(26)16-23-15(14-5-3-4-8-24(14)16)17(25)22-11-6-7-12(19)13(20)9-11/h6-7,9-10H,3-5,8H2,1-2H3,(H,21,26)(H,22,25). The molecule has 1 aromatic carbocycles. The number of aromatic nitrogens is 2. The second kappa shape index (κ2) is 7.23. The Kier molecular flexibility index (Phi) is 5.01. The molecule has 2 aromatic rings. The van der Waals surface area contributed by atoms with Gasteiger partial charge in [-0.25, -0.2) is 13.8 Å². The number of carbonyl (C=O) groups excluding carboxylic acids is 2. The molecule has 2 amide bonds. The van der Waals surface area contributed by atoms with Crippen molar-refractivity contribution in [3.05, 3.63) is 47.0 Å². The third kappa shape index (κ3) is 3.58. The van der Waals surface area contributed by atoms with Gasteiger partial charge in [-0.1, -0.05) is 0 Å². The van der Waals surface area contributed by atoms with Crippen molar-refractivity contribution in [2.24, 2.45) is 0 Å². The van der Waals surface area contributed by atoms with Crippen LogP contribution in [0.2, 0.25) is 0 Å². The number of fused-ring (bicyclic) bond motifs is 1. The second-order valence-corrected chi connectivity index (χ2v) is 6.55. The van der Waals surface area contributed by atoms with Crippen molar-refractivity contribution in [1.82, 2.24) is 14.9 Å². The van der Waals surface area contributed by atoms with Crippen molar-refractivity contribution in [2.75, 3.05) is 5.32 Å². The van der Waals surface area contributed by atoms with Crippen molar-refractivity contribution < 1.29 is 18.4 Å². The molecule has 1 aliphatic heterocycles.